The molecule has 0 saturated heterocycles. The lowest BCUT2D eigenvalue weighted by molar-refractivity contribution is -0.160. The minimum Gasteiger partial charge on any atom is -0.386 e. The Morgan fingerprint density at radius 1 is 1.07 bits per heavy atom. The molecule has 3 heteroatoms. The number of ketones is 2. The van der Waals surface area contributed by atoms with Crippen molar-refractivity contribution in [2.45, 2.75) is 98.0 Å². The molecule has 0 aromatic carbocycles. The van der Waals surface area contributed by atoms with E-state index in [-0.39, 0.29) is 28.4 Å². The molecule has 8 atom stereocenters. The average Bonchev–Trinajstić information content (AvgIpc) is 3.01. The van der Waals surface area contributed by atoms with E-state index in [1.807, 2.05) is 6.92 Å². The Morgan fingerprint density at radius 3 is 2.47 bits per heavy atom. The van der Waals surface area contributed by atoms with Gasteiger partial charge in [0.1, 0.15) is 11.6 Å². The van der Waals surface area contributed by atoms with Gasteiger partial charge in [-0.3, -0.25) is 9.59 Å². The zero-order valence-electron chi connectivity index (χ0n) is 19.7. The molecule has 30 heavy (non-hydrogen) atoms. The van der Waals surface area contributed by atoms with Gasteiger partial charge < -0.3 is 5.11 Å². The van der Waals surface area contributed by atoms with Gasteiger partial charge in [-0.15, -0.1) is 0 Å². The number of Topliss-reactive ketones (excluding diaryl/α,β-unsaturated/α-hetero) is 2. The Labute approximate surface area is 183 Å². The molecule has 4 rings (SSSR count). The summed E-state index contributed by atoms with van der Waals surface area (Å²) in [7, 11) is 0. The van der Waals surface area contributed by atoms with Crippen LogP contribution in [-0.4, -0.2) is 22.3 Å². The fraction of sp³-hybridized carbons (Fsp3) is 0.852. The number of hydrogen-bond acceptors (Lipinski definition) is 3. The molecule has 4 aliphatic rings. The molecule has 1 N–H and O–H groups in total. The van der Waals surface area contributed by atoms with Gasteiger partial charge in [0.25, 0.3) is 0 Å². The Kier molecular flexibility index (Phi) is 5.61. The molecule has 0 aliphatic heterocycles. The molecule has 3 unspecified atom stereocenters. The second-order valence-electron chi connectivity index (χ2n) is 12.3. The number of carbonyl (C=O) groups is 2. The number of rotatable bonds is 4. The van der Waals surface area contributed by atoms with Crippen molar-refractivity contribution in [1.29, 1.82) is 0 Å². The highest BCUT2D eigenvalue weighted by Gasteiger charge is 2.63. The van der Waals surface area contributed by atoms with Crippen LogP contribution in [0.15, 0.2) is 12.2 Å². The zero-order chi connectivity index (χ0) is 21.9. The van der Waals surface area contributed by atoms with Crippen molar-refractivity contribution in [3.63, 3.8) is 0 Å². The standard InChI is InChI=1S/C27H42O3/c1-17(2)7-6-12-27(5,30)24-9-8-20-19-16-23(29)22-15-18(28)10-13-25(22,3)21(19)11-14-26(20,24)4/h6,12,17,19-22,24,30H,7-11,13-16H2,1-5H3/b12-6-/t19?,20?,21?,22-,24+,25-,26+,27+/m1/s1. The van der Waals surface area contributed by atoms with Crippen molar-refractivity contribution in [2.24, 2.45) is 46.3 Å². The summed E-state index contributed by atoms with van der Waals surface area (Å²) >= 11 is 0. The summed E-state index contributed by atoms with van der Waals surface area (Å²) in [5, 5.41) is 11.5. The van der Waals surface area contributed by atoms with Crippen molar-refractivity contribution in [2.75, 3.05) is 0 Å². The molecule has 0 spiro atoms. The van der Waals surface area contributed by atoms with Crippen LogP contribution in [0.5, 0.6) is 0 Å². The molecule has 4 fully saturated rings. The monoisotopic (exact) mass is 414 g/mol. The third kappa shape index (κ3) is 3.44. The first-order valence-electron chi connectivity index (χ1n) is 12.4. The van der Waals surface area contributed by atoms with Crippen LogP contribution in [-0.2, 0) is 9.59 Å². The largest absolute Gasteiger partial charge is 0.386 e. The summed E-state index contributed by atoms with van der Waals surface area (Å²) in [6.45, 7) is 11.1. The third-order valence-electron chi connectivity index (χ3n) is 10.0. The third-order valence-corrected chi connectivity index (χ3v) is 10.0. The lowest BCUT2D eigenvalue weighted by Crippen LogP contribution is -2.57. The second-order valence-corrected chi connectivity index (χ2v) is 12.3. The van der Waals surface area contributed by atoms with Crippen LogP contribution in [0.25, 0.3) is 0 Å². The zero-order valence-corrected chi connectivity index (χ0v) is 19.7. The number of hydrogen-bond donors (Lipinski definition) is 1. The lowest BCUT2D eigenvalue weighted by atomic mass is 9.44. The predicted octanol–water partition coefficient (Wildman–Crippen LogP) is 5.75. The van der Waals surface area contributed by atoms with Gasteiger partial charge in [0.05, 0.1) is 5.60 Å². The Hall–Kier alpha value is -0.960. The summed E-state index contributed by atoms with van der Waals surface area (Å²) in [6, 6.07) is 0. The molecule has 0 radical (unpaired) electrons. The van der Waals surface area contributed by atoms with Crippen molar-refractivity contribution >= 4 is 11.6 Å². The van der Waals surface area contributed by atoms with Crippen LogP contribution < -0.4 is 0 Å². The van der Waals surface area contributed by atoms with Gasteiger partial charge in [-0.25, -0.2) is 0 Å². The Morgan fingerprint density at radius 2 is 1.77 bits per heavy atom. The number of fused-ring (bicyclic) bond motifs is 5. The van der Waals surface area contributed by atoms with Gasteiger partial charge in [0.2, 0.25) is 0 Å². The molecule has 4 saturated carbocycles. The number of aliphatic hydroxyl groups is 1. The van der Waals surface area contributed by atoms with E-state index in [9.17, 15) is 14.7 Å². The molecule has 168 valence electrons. The second kappa shape index (κ2) is 7.57. The van der Waals surface area contributed by atoms with Crippen LogP contribution in [0.3, 0.4) is 0 Å². The highest BCUT2D eigenvalue weighted by molar-refractivity contribution is 5.90. The van der Waals surface area contributed by atoms with Gasteiger partial charge >= 0.3 is 0 Å². The van der Waals surface area contributed by atoms with Crippen LogP contribution in [0, 0.1) is 46.3 Å². The minimum absolute atomic E-state index is 0.00696. The highest BCUT2D eigenvalue weighted by Crippen LogP contribution is 2.67. The summed E-state index contributed by atoms with van der Waals surface area (Å²) in [5.41, 5.74) is -0.679. The molecule has 0 aromatic heterocycles. The van der Waals surface area contributed by atoms with E-state index in [0.29, 0.717) is 48.7 Å². The van der Waals surface area contributed by atoms with E-state index in [1.54, 1.807) is 0 Å². The smallest absolute Gasteiger partial charge is 0.137 e. The van der Waals surface area contributed by atoms with E-state index in [1.165, 1.54) is 0 Å². The van der Waals surface area contributed by atoms with Crippen LogP contribution in [0.2, 0.25) is 0 Å². The van der Waals surface area contributed by atoms with Crippen LogP contribution in [0.1, 0.15) is 92.4 Å². The normalized spacial score (nSPS) is 45.9. The molecule has 0 heterocycles. The molecule has 0 amide bonds. The van der Waals surface area contributed by atoms with Gasteiger partial charge in [0, 0.05) is 25.2 Å². The van der Waals surface area contributed by atoms with Gasteiger partial charge in [-0.2, -0.15) is 0 Å². The summed E-state index contributed by atoms with van der Waals surface area (Å²) < 4.78 is 0. The first-order valence-corrected chi connectivity index (χ1v) is 12.4. The maximum absolute atomic E-state index is 13.2. The molecular formula is C27H42O3. The molecule has 3 nitrogen and oxygen atoms in total. The van der Waals surface area contributed by atoms with Crippen molar-refractivity contribution in [1.82, 2.24) is 0 Å². The topological polar surface area (TPSA) is 54.4 Å². The van der Waals surface area contributed by atoms with Gasteiger partial charge in [0.15, 0.2) is 0 Å². The van der Waals surface area contributed by atoms with E-state index in [4.69, 9.17) is 0 Å². The maximum Gasteiger partial charge on any atom is 0.137 e. The lowest BCUT2D eigenvalue weighted by Gasteiger charge is -2.60. The minimum atomic E-state index is -0.784. The van der Waals surface area contributed by atoms with Crippen molar-refractivity contribution in [3.05, 3.63) is 12.2 Å². The quantitative estimate of drug-likeness (QED) is 0.596. The summed E-state index contributed by atoms with van der Waals surface area (Å²) in [5.74, 6) is 2.97. The molecule has 0 bridgehead atoms. The van der Waals surface area contributed by atoms with Crippen molar-refractivity contribution in [3.8, 4) is 0 Å². The fourth-order valence-corrected chi connectivity index (χ4v) is 8.49. The SMILES string of the molecule is CC(C)C/C=C\[C@](C)(O)[C@H]1CCC2C3CC(=O)[C@H]4CC(=O)CC[C@]4(C)C3CC[C@@]21C. The predicted molar refractivity (Wildman–Crippen MR) is 120 cm³/mol. The number of carbonyl (C=O) groups excluding carboxylic acids is 2. The van der Waals surface area contributed by atoms with Gasteiger partial charge in [-0.05, 0) is 85.9 Å². The maximum atomic E-state index is 13.2. The molecular weight excluding hydrogens is 372 g/mol. The Bertz CT molecular complexity index is 734. The van der Waals surface area contributed by atoms with E-state index in [2.05, 4.69) is 39.8 Å². The summed E-state index contributed by atoms with van der Waals surface area (Å²) in [4.78, 5) is 25.3. The fourth-order valence-electron chi connectivity index (χ4n) is 8.49. The van der Waals surface area contributed by atoms with E-state index in [0.717, 1.165) is 38.5 Å². The molecule has 0 aromatic rings. The molecule has 4 aliphatic carbocycles. The van der Waals surface area contributed by atoms with Crippen molar-refractivity contribution < 1.29 is 14.7 Å². The van der Waals surface area contributed by atoms with Gasteiger partial charge in [-0.1, -0.05) is 39.8 Å². The number of allylic oxidation sites excluding steroid dienone is 1. The highest BCUT2D eigenvalue weighted by atomic mass is 16.3. The first-order chi connectivity index (χ1) is 14.0. The van der Waals surface area contributed by atoms with E-state index < -0.39 is 5.60 Å². The average molecular weight is 415 g/mol. The van der Waals surface area contributed by atoms with Crippen LogP contribution in [0.4, 0.5) is 0 Å². The van der Waals surface area contributed by atoms with Crippen LogP contribution >= 0.6 is 0 Å². The summed E-state index contributed by atoms with van der Waals surface area (Å²) in [6.07, 6.45) is 12.4. The first kappa shape index (κ1) is 22.2. The van der Waals surface area contributed by atoms with E-state index >= 15 is 0 Å². The Balaban J connectivity index is 1.58.